The van der Waals surface area contributed by atoms with Crippen molar-refractivity contribution in [2.24, 2.45) is 5.41 Å². The Morgan fingerprint density at radius 1 is 1.00 bits per heavy atom. The molecule has 0 bridgehead atoms. The molecule has 0 unspecified atom stereocenters. The van der Waals surface area contributed by atoms with Gasteiger partial charge < -0.3 is 0 Å². The van der Waals surface area contributed by atoms with Crippen LogP contribution >= 0.6 is 0 Å². The lowest BCUT2D eigenvalue weighted by molar-refractivity contribution is 0.626. The smallest absolute Gasteiger partial charge is 0.000440 e. The highest BCUT2D eigenvalue weighted by Gasteiger charge is 2.08. The van der Waals surface area contributed by atoms with Crippen molar-refractivity contribution in [3.63, 3.8) is 0 Å². The fourth-order valence-electron chi connectivity index (χ4n) is 1.02. The molecule has 0 heteroatoms. The van der Waals surface area contributed by atoms with Crippen LogP contribution in [0, 0.1) is 5.41 Å². The van der Waals surface area contributed by atoms with Gasteiger partial charge in [0.25, 0.3) is 0 Å². The summed E-state index contributed by atoms with van der Waals surface area (Å²) in [5.74, 6) is 0. The quantitative estimate of drug-likeness (QED) is 0.433. The third kappa shape index (κ3) is 2.05. The second-order valence-corrected chi connectivity index (χ2v) is 3.20. The van der Waals surface area contributed by atoms with Gasteiger partial charge in [0, 0.05) is 5.41 Å². The van der Waals surface area contributed by atoms with Crippen LogP contribution in [-0.2, 0) is 0 Å². The lowest BCUT2D eigenvalue weighted by Gasteiger charge is -2.11. The predicted molar refractivity (Wildman–Crippen MR) is 41.3 cm³/mol. The fourth-order valence-corrected chi connectivity index (χ4v) is 1.02. The highest BCUT2D eigenvalue weighted by molar-refractivity contribution is 5.10. The van der Waals surface area contributed by atoms with E-state index in [2.05, 4.69) is 38.2 Å². The van der Waals surface area contributed by atoms with Crippen molar-refractivity contribution in [1.82, 2.24) is 0 Å². The SMILES string of the molecule is CC1(C)C=CCCC=C1. The van der Waals surface area contributed by atoms with Gasteiger partial charge in [-0.2, -0.15) is 0 Å². The summed E-state index contributed by atoms with van der Waals surface area (Å²) in [7, 11) is 0. The number of rotatable bonds is 0. The third-order valence-corrected chi connectivity index (χ3v) is 1.59. The van der Waals surface area contributed by atoms with Gasteiger partial charge >= 0.3 is 0 Å². The predicted octanol–water partition coefficient (Wildman–Crippen LogP) is 2.92. The Bertz CT molecular complexity index is 122. The molecule has 0 spiro atoms. The maximum absolute atomic E-state index is 2.27. The molecule has 0 aromatic heterocycles. The van der Waals surface area contributed by atoms with E-state index >= 15 is 0 Å². The van der Waals surface area contributed by atoms with Gasteiger partial charge in [-0.15, -0.1) is 0 Å². The van der Waals surface area contributed by atoms with Crippen LogP contribution in [0.4, 0.5) is 0 Å². The van der Waals surface area contributed by atoms with E-state index in [-0.39, 0.29) is 0 Å². The lowest BCUT2D eigenvalue weighted by Crippen LogP contribution is -2.00. The van der Waals surface area contributed by atoms with Crippen molar-refractivity contribution in [3.8, 4) is 0 Å². The van der Waals surface area contributed by atoms with Gasteiger partial charge in [-0.3, -0.25) is 0 Å². The van der Waals surface area contributed by atoms with Crippen LogP contribution in [0.2, 0.25) is 0 Å². The monoisotopic (exact) mass is 122 g/mol. The maximum Gasteiger partial charge on any atom is 0.000440 e. The van der Waals surface area contributed by atoms with Crippen molar-refractivity contribution in [2.75, 3.05) is 0 Å². The molecule has 1 aliphatic carbocycles. The first-order valence-electron chi connectivity index (χ1n) is 3.56. The summed E-state index contributed by atoms with van der Waals surface area (Å²) in [6, 6.07) is 0. The first-order chi connectivity index (χ1) is 4.21. The largest absolute Gasteiger partial charge is 0.0874 e. The molecular formula is C9H14. The van der Waals surface area contributed by atoms with Crippen molar-refractivity contribution >= 4 is 0 Å². The van der Waals surface area contributed by atoms with E-state index in [0.29, 0.717) is 5.41 Å². The molecule has 0 atom stereocenters. The van der Waals surface area contributed by atoms with E-state index in [4.69, 9.17) is 0 Å². The zero-order valence-corrected chi connectivity index (χ0v) is 6.22. The van der Waals surface area contributed by atoms with Crippen molar-refractivity contribution in [2.45, 2.75) is 26.7 Å². The average Bonchev–Trinajstić information content (AvgIpc) is 1.92. The zero-order valence-electron chi connectivity index (χ0n) is 6.22. The molecule has 0 N–H and O–H groups in total. The molecule has 0 amide bonds. The molecule has 0 saturated heterocycles. The minimum atomic E-state index is 0.302. The van der Waals surface area contributed by atoms with Gasteiger partial charge in [0.05, 0.1) is 0 Å². The van der Waals surface area contributed by atoms with Crippen LogP contribution in [0.1, 0.15) is 26.7 Å². The van der Waals surface area contributed by atoms with Gasteiger partial charge in [-0.05, 0) is 12.8 Å². The summed E-state index contributed by atoms with van der Waals surface area (Å²) >= 11 is 0. The highest BCUT2D eigenvalue weighted by Crippen LogP contribution is 2.22. The minimum Gasteiger partial charge on any atom is -0.0874 e. The number of hydrogen-bond acceptors (Lipinski definition) is 0. The summed E-state index contributed by atoms with van der Waals surface area (Å²) in [5, 5.41) is 0. The topological polar surface area (TPSA) is 0 Å². The summed E-state index contributed by atoms with van der Waals surface area (Å²) in [5.41, 5.74) is 0.302. The minimum absolute atomic E-state index is 0.302. The third-order valence-electron chi connectivity index (χ3n) is 1.59. The van der Waals surface area contributed by atoms with Crippen LogP contribution in [0.25, 0.3) is 0 Å². The van der Waals surface area contributed by atoms with Gasteiger partial charge in [0.2, 0.25) is 0 Å². The molecule has 50 valence electrons. The van der Waals surface area contributed by atoms with Crippen LogP contribution in [0.5, 0.6) is 0 Å². The Balaban J connectivity index is 2.70. The zero-order chi connectivity index (χ0) is 6.74. The Morgan fingerprint density at radius 2 is 1.44 bits per heavy atom. The standard InChI is InChI=1S/C9H14/c1-9(2)7-5-3-4-6-8-9/h5-8H,3-4H2,1-2H3. The van der Waals surface area contributed by atoms with Crippen LogP contribution in [0.3, 0.4) is 0 Å². The molecule has 0 aromatic carbocycles. The van der Waals surface area contributed by atoms with E-state index < -0.39 is 0 Å². The maximum atomic E-state index is 2.27. The van der Waals surface area contributed by atoms with Crippen molar-refractivity contribution in [3.05, 3.63) is 24.3 Å². The summed E-state index contributed by atoms with van der Waals surface area (Å²) in [6.45, 7) is 4.46. The van der Waals surface area contributed by atoms with E-state index in [1.165, 1.54) is 12.8 Å². The van der Waals surface area contributed by atoms with Crippen molar-refractivity contribution < 1.29 is 0 Å². The summed E-state index contributed by atoms with van der Waals surface area (Å²) < 4.78 is 0. The molecule has 0 aromatic rings. The number of allylic oxidation sites excluding steroid dienone is 4. The van der Waals surface area contributed by atoms with Gasteiger partial charge in [-0.1, -0.05) is 38.2 Å². The molecule has 1 rings (SSSR count). The van der Waals surface area contributed by atoms with Gasteiger partial charge in [0.15, 0.2) is 0 Å². The second-order valence-electron chi connectivity index (χ2n) is 3.20. The normalized spacial score (nSPS) is 23.8. The van der Waals surface area contributed by atoms with Crippen LogP contribution in [0.15, 0.2) is 24.3 Å². The van der Waals surface area contributed by atoms with Crippen LogP contribution < -0.4 is 0 Å². The van der Waals surface area contributed by atoms with Gasteiger partial charge in [-0.25, -0.2) is 0 Å². The molecule has 0 aliphatic heterocycles. The van der Waals surface area contributed by atoms with E-state index in [1.54, 1.807) is 0 Å². The second kappa shape index (κ2) is 2.38. The summed E-state index contributed by atoms with van der Waals surface area (Å²) in [4.78, 5) is 0. The molecule has 0 heterocycles. The Morgan fingerprint density at radius 3 is 1.89 bits per heavy atom. The van der Waals surface area contributed by atoms with Gasteiger partial charge in [0.1, 0.15) is 0 Å². The van der Waals surface area contributed by atoms with Crippen molar-refractivity contribution in [1.29, 1.82) is 0 Å². The van der Waals surface area contributed by atoms with E-state index in [1.807, 2.05) is 0 Å². The average molecular weight is 122 g/mol. The first kappa shape index (κ1) is 6.60. The van der Waals surface area contributed by atoms with Crippen LogP contribution in [-0.4, -0.2) is 0 Å². The fraction of sp³-hybridized carbons (Fsp3) is 0.556. The Hall–Kier alpha value is -0.520. The molecule has 9 heavy (non-hydrogen) atoms. The molecular weight excluding hydrogens is 108 g/mol. The Kier molecular flexibility index (Phi) is 1.75. The number of hydrogen-bond donors (Lipinski definition) is 0. The summed E-state index contributed by atoms with van der Waals surface area (Å²) in [6.07, 6.45) is 11.5. The molecule has 0 fully saturated rings. The lowest BCUT2D eigenvalue weighted by atomic mass is 9.93. The highest BCUT2D eigenvalue weighted by atomic mass is 14.1. The van der Waals surface area contributed by atoms with E-state index in [9.17, 15) is 0 Å². The molecule has 0 saturated carbocycles. The first-order valence-corrected chi connectivity index (χ1v) is 3.56. The molecule has 0 nitrogen and oxygen atoms in total. The molecule has 1 aliphatic rings. The Labute approximate surface area is 57.3 Å². The van der Waals surface area contributed by atoms with E-state index in [0.717, 1.165) is 0 Å². The molecule has 0 radical (unpaired) electrons.